The summed E-state index contributed by atoms with van der Waals surface area (Å²) in [5.41, 5.74) is 0. The third-order valence-electron chi connectivity index (χ3n) is 6.61. The van der Waals surface area contributed by atoms with Gasteiger partial charge in [0.1, 0.15) is 12.1 Å². The van der Waals surface area contributed by atoms with Gasteiger partial charge in [0.15, 0.2) is 0 Å². The van der Waals surface area contributed by atoms with Crippen molar-refractivity contribution in [2.45, 2.75) is 82.3 Å². The molecule has 3 fully saturated rings. The Hall–Kier alpha value is -2.85. The Bertz CT molecular complexity index is 754. The highest BCUT2D eigenvalue weighted by Gasteiger charge is 2.39. The zero-order valence-electron chi connectivity index (χ0n) is 19.0. The number of hydrogen-bond acceptors (Lipinski definition) is 5. The smallest absolute Gasteiger partial charge is 0.318 e. The first kappa shape index (κ1) is 24.8. The van der Waals surface area contributed by atoms with Crippen LogP contribution in [-0.4, -0.2) is 88.9 Å². The van der Waals surface area contributed by atoms with Gasteiger partial charge in [-0.15, -0.1) is 0 Å². The quantitative estimate of drug-likeness (QED) is 0.422. The lowest BCUT2D eigenvalue weighted by Crippen LogP contribution is -2.65. The molecule has 184 valence electrons. The van der Waals surface area contributed by atoms with Crippen molar-refractivity contribution in [3.63, 3.8) is 0 Å². The molecule has 4 N–H and O–H groups in total. The van der Waals surface area contributed by atoms with Gasteiger partial charge in [-0.2, -0.15) is 0 Å². The van der Waals surface area contributed by atoms with Crippen molar-refractivity contribution < 1.29 is 29.1 Å². The Morgan fingerprint density at radius 1 is 0.970 bits per heavy atom. The first-order valence-corrected chi connectivity index (χ1v) is 12.0. The van der Waals surface area contributed by atoms with E-state index in [1.807, 2.05) is 0 Å². The fourth-order valence-electron chi connectivity index (χ4n) is 4.71. The van der Waals surface area contributed by atoms with Crippen molar-refractivity contribution in [2.75, 3.05) is 26.2 Å². The van der Waals surface area contributed by atoms with Gasteiger partial charge in [0, 0.05) is 38.5 Å². The van der Waals surface area contributed by atoms with E-state index in [0.717, 1.165) is 38.5 Å². The predicted octanol–water partition coefficient (Wildman–Crippen LogP) is 0.191. The standard InChI is InChI=1S/C22H35N5O6/c28-18(9-4-10-19(29)30)26-12-13-27(22(33)24-15-6-2-1-3-7-15)17(14-26)21(32)25-16-8-5-11-23-20(16)31/h15-17H,1-14H2,(H,23,31)(H,24,33)(H,25,32)(H,29,30). The van der Waals surface area contributed by atoms with Crippen molar-refractivity contribution >= 4 is 29.7 Å². The van der Waals surface area contributed by atoms with Crippen molar-refractivity contribution in [3.8, 4) is 0 Å². The number of piperazine rings is 1. The molecule has 3 rings (SSSR count). The average Bonchev–Trinajstić information content (AvgIpc) is 2.80. The van der Waals surface area contributed by atoms with E-state index in [4.69, 9.17) is 5.11 Å². The maximum Gasteiger partial charge on any atom is 0.318 e. The fourth-order valence-corrected chi connectivity index (χ4v) is 4.71. The molecule has 2 saturated heterocycles. The van der Waals surface area contributed by atoms with Crippen molar-refractivity contribution in [1.82, 2.24) is 25.8 Å². The highest BCUT2D eigenvalue weighted by molar-refractivity contribution is 5.93. The zero-order chi connectivity index (χ0) is 23.8. The maximum absolute atomic E-state index is 13.2. The minimum absolute atomic E-state index is 0.0180. The molecule has 0 aromatic carbocycles. The summed E-state index contributed by atoms with van der Waals surface area (Å²) in [6.45, 7) is 1.06. The van der Waals surface area contributed by atoms with E-state index in [1.165, 1.54) is 9.80 Å². The normalized spacial score (nSPS) is 24.1. The number of hydrogen-bond donors (Lipinski definition) is 4. The van der Waals surface area contributed by atoms with Gasteiger partial charge < -0.3 is 30.9 Å². The fraction of sp³-hybridized carbons (Fsp3) is 0.773. The van der Waals surface area contributed by atoms with Crippen molar-refractivity contribution in [2.24, 2.45) is 0 Å². The van der Waals surface area contributed by atoms with Crippen LogP contribution in [0.4, 0.5) is 4.79 Å². The number of piperidine rings is 1. The molecule has 0 bridgehead atoms. The van der Waals surface area contributed by atoms with Gasteiger partial charge in [-0.1, -0.05) is 19.3 Å². The first-order valence-electron chi connectivity index (χ1n) is 12.0. The topological polar surface area (TPSA) is 148 Å². The number of urea groups is 1. The van der Waals surface area contributed by atoms with Gasteiger partial charge in [0.05, 0.1) is 6.54 Å². The number of carboxylic acid groups (broad SMARTS) is 1. The Morgan fingerprint density at radius 3 is 2.42 bits per heavy atom. The molecule has 1 saturated carbocycles. The van der Waals surface area contributed by atoms with Gasteiger partial charge in [0.25, 0.3) is 0 Å². The van der Waals surface area contributed by atoms with Gasteiger partial charge in [-0.05, 0) is 32.1 Å². The van der Waals surface area contributed by atoms with Crippen LogP contribution in [0.25, 0.3) is 0 Å². The van der Waals surface area contributed by atoms with Gasteiger partial charge in [-0.3, -0.25) is 19.2 Å². The molecule has 11 nitrogen and oxygen atoms in total. The van der Waals surface area contributed by atoms with Crippen molar-refractivity contribution in [1.29, 1.82) is 0 Å². The number of nitrogens with zero attached hydrogens (tertiary/aromatic N) is 2. The molecular weight excluding hydrogens is 430 g/mol. The summed E-state index contributed by atoms with van der Waals surface area (Å²) in [6.07, 6.45) is 6.56. The van der Waals surface area contributed by atoms with Gasteiger partial charge in [-0.25, -0.2) is 4.79 Å². The number of carboxylic acids is 1. The number of carbonyl (C=O) groups excluding carboxylic acids is 4. The van der Waals surface area contributed by atoms with Crippen molar-refractivity contribution in [3.05, 3.63) is 0 Å². The number of amides is 5. The highest BCUT2D eigenvalue weighted by Crippen LogP contribution is 2.19. The Balaban J connectivity index is 1.66. The van der Waals surface area contributed by atoms with Gasteiger partial charge >= 0.3 is 12.0 Å². The molecule has 0 aromatic rings. The lowest BCUT2D eigenvalue weighted by molar-refractivity contribution is -0.139. The summed E-state index contributed by atoms with van der Waals surface area (Å²) in [4.78, 5) is 64.6. The lowest BCUT2D eigenvalue weighted by Gasteiger charge is -2.41. The monoisotopic (exact) mass is 465 g/mol. The molecule has 11 heteroatoms. The van der Waals surface area contributed by atoms with E-state index >= 15 is 0 Å². The van der Waals surface area contributed by atoms with Crippen LogP contribution >= 0.6 is 0 Å². The largest absolute Gasteiger partial charge is 0.481 e. The summed E-state index contributed by atoms with van der Waals surface area (Å²) in [6, 6.07) is -1.82. The minimum Gasteiger partial charge on any atom is -0.481 e. The maximum atomic E-state index is 13.2. The number of aliphatic carboxylic acids is 1. The molecule has 3 aliphatic rings. The summed E-state index contributed by atoms with van der Waals surface area (Å²) in [5.74, 6) is -1.91. The van der Waals surface area contributed by atoms with E-state index in [0.29, 0.717) is 13.0 Å². The summed E-state index contributed by atoms with van der Waals surface area (Å²) >= 11 is 0. The summed E-state index contributed by atoms with van der Waals surface area (Å²) in [7, 11) is 0. The second-order valence-electron chi connectivity index (χ2n) is 9.08. The molecule has 0 radical (unpaired) electrons. The van der Waals surface area contributed by atoms with E-state index in [1.54, 1.807) is 0 Å². The summed E-state index contributed by atoms with van der Waals surface area (Å²) < 4.78 is 0. The second-order valence-corrected chi connectivity index (χ2v) is 9.08. The molecule has 1 aliphatic carbocycles. The second kappa shape index (κ2) is 11.9. The molecule has 2 aliphatic heterocycles. The van der Waals surface area contributed by atoms with Crippen LogP contribution < -0.4 is 16.0 Å². The van der Waals surface area contributed by atoms with Crippen LogP contribution in [0, 0.1) is 0 Å². The first-order chi connectivity index (χ1) is 15.8. The molecule has 2 atom stereocenters. The Kier molecular flexibility index (Phi) is 8.90. The average molecular weight is 466 g/mol. The van der Waals surface area contributed by atoms with E-state index < -0.39 is 24.0 Å². The Morgan fingerprint density at radius 2 is 1.73 bits per heavy atom. The predicted molar refractivity (Wildman–Crippen MR) is 118 cm³/mol. The van der Waals surface area contributed by atoms with Crippen LogP contribution in [0.5, 0.6) is 0 Å². The van der Waals surface area contributed by atoms with Crippen LogP contribution in [0.1, 0.15) is 64.2 Å². The molecule has 2 unspecified atom stereocenters. The molecule has 2 heterocycles. The van der Waals surface area contributed by atoms with E-state index in [9.17, 15) is 24.0 Å². The van der Waals surface area contributed by atoms with Gasteiger partial charge in [0.2, 0.25) is 17.7 Å². The molecule has 0 aromatic heterocycles. The summed E-state index contributed by atoms with van der Waals surface area (Å²) in [5, 5.41) is 17.3. The highest BCUT2D eigenvalue weighted by atomic mass is 16.4. The Labute approximate surface area is 193 Å². The number of nitrogens with one attached hydrogen (secondary N) is 3. The van der Waals surface area contributed by atoms with Crippen LogP contribution in [-0.2, 0) is 19.2 Å². The van der Waals surface area contributed by atoms with E-state index in [2.05, 4.69) is 16.0 Å². The van der Waals surface area contributed by atoms with Crippen LogP contribution in [0.2, 0.25) is 0 Å². The van der Waals surface area contributed by atoms with Crippen LogP contribution in [0.15, 0.2) is 0 Å². The molecular formula is C22H35N5O6. The van der Waals surface area contributed by atoms with E-state index in [-0.39, 0.29) is 62.8 Å². The third-order valence-corrected chi connectivity index (χ3v) is 6.61. The third kappa shape index (κ3) is 7.06. The minimum atomic E-state index is -0.963. The molecule has 0 spiro atoms. The van der Waals surface area contributed by atoms with Crippen LogP contribution in [0.3, 0.4) is 0 Å². The number of rotatable bonds is 7. The molecule has 33 heavy (non-hydrogen) atoms. The zero-order valence-corrected chi connectivity index (χ0v) is 19.0. The molecule has 5 amide bonds. The SMILES string of the molecule is O=C(O)CCCC(=O)N1CCN(C(=O)NC2CCCCC2)C(C(=O)NC2CCCNC2=O)C1. The lowest BCUT2D eigenvalue weighted by atomic mass is 9.95. The number of carbonyl (C=O) groups is 5.